The van der Waals surface area contributed by atoms with Crippen molar-refractivity contribution in [2.24, 2.45) is 0 Å². The van der Waals surface area contributed by atoms with Gasteiger partial charge in [-0.1, -0.05) is 36.4 Å². The molecule has 140 valence electrons. The van der Waals surface area contributed by atoms with Crippen LogP contribution in [0, 0.1) is 0 Å². The van der Waals surface area contributed by atoms with Gasteiger partial charge in [0.25, 0.3) is 0 Å². The largest absolute Gasteiger partial charge is 0.357 e. The summed E-state index contributed by atoms with van der Waals surface area (Å²) in [6.45, 7) is 4.21. The minimum atomic E-state index is -0.122. The molecule has 1 atom stereocenters. The minimum Gasteiger partial charge on any atom is -0.357 e. The fourth-order valence-corrected chi connectivity index (χ4v) is 3.82. The van der Waals surface area contributed by atoms with E-state index in [4.69, 9.17) is 0 Å². The summed E-state index contributed by atoms with van der Waals surface area (Å²) in [5.74, 6) is 0. The average molecular weight is 362 g/mol. The maximum Gasteiger partial charge on any atom is 0.319 e. The molecule has 3 N–H and O–H groups in total. The van der Waals surface area contributed by atoms with E-state index in [0.29, 0.717) is 6.04 Å². The maximum atomic E-state index is 12.2. The molecular weight excluding hydrogens is 336 g/mol. The van der Waals surface area contributed by atoms with E-state index in [9.17, 15) is 4.79 Å². The third-order valence-corrected chi connectivity index (χ3v) is 5.45. The highest BCUT2D eigenvalue weighted by atomic mass is 16.2. The second kappa shape index (κ2) is 7.84. The molecule has 2 aromatic carbocycles. The lowest BCUT2D eigenvalue weighted by molar-refractivity contribution is 0.152. The van der Waals surface area contributed by atoms with Crippen molar-refractivity contribution in [2.75, 3.05) is 18.4 Å². The normalized spacial score (nSPS) is 16.9. The lowest BCUT2D eigenvalue weighted by atomic mass is 10.0. The number of likely N-dealkylation sites (tertiary alicyclic amines) is 1. The van der Waals surface area contributed by atoms with E-state index in [1.807, 2.05) is 30.3 Å². The number of aromatic nitrogens is 1. The molecule has 0 radical (unpaired) electrons. The molecule has 3 aromatic rings. The van der Waals surface area contributed by atoms with Crippen molar-refractivity contribution in [3.8, 4) is 0 Å². The summed E-state index contributed by atoms with van der Waals surface area (Å²) >= 11 is 0. The van der Waals surface area contributed by atoms with Crippen molar-refractivity contribution in [3.63, 3.8) is 0 Å². The van der Waals surface area contributed by atoms with Crippen LogP contribution in [0.5, 0.6) is 0 Å². The van der Waals surface area contributed by atoms with E-state index in [2.05, 4.69) is 57.8 Å². The van der Waals surface area contributed by atoms with Crippen LogP contribution in [0.25, 0.3) is 10.9 Å². The zero-order valence-corrected chi connectivity index (χ0v) is 15.6. The number of H-pyrrole nitrogens is 1. The highest BCUT2D eigenvalue weighted by Gasteiger charge is 2.25. The van der Waals surface area contributed by atoms with Crippen LogP contribution in [-0.2, 0) is 0 Å². The number of piperidine rings is 1. The number of carbonyl (C=O) groups excluding carboxylic acids is 1. The van der Waals surface area contributed by atoms with Gasteiger partial charge in [-0.2, -0.15) is 0 Å². The number of para-hydroxylation sites is 2. The van der Waals surface area contributed by atoms with Crippen LogP contribution in [0.1, 0.15) is 31.5 Å². The fourth-order valence-electron chi connectivity index (χ4n) is 3.82. The molecule has 1 aliphatic rings. The summed E-state index contributed by atoms with van der Waals surface area (Å²) in [4.78, 5) is 18.2. The van der Waals surface area contributed by atoms with Gasteiger partial charge in [0.05, 0.1) is 0 Å². The number of benzene rings is 2. The minimum absolute atomic E-state index is 0.122. The first-order valence-corrected chi connectivity index (χ1v) is 9.63. The number of urea groups is 1. The number of hydrogen-bond donors (Lipinski definition) is 3. The quantitative estimate of drug-likeness (QED) is 0.639. The molecule has 0 aliphatic carbocycles. The molecular formula is C22H26N4O. The first-order chi connectivity index (χ1) is 13.2. The molecule has 5 nitrogen and oxygen atoms in total. The second-order valence-electron chi connectivity index (χ2n) is 7.26. The highest BCUT2D eigenvalue weighted by molar-refractivity contribution is 5.89. The first-order valence-electron chi connectivity index (χ1n) is 9.63. The Morgan fingerprint density at radius 2 is 1.78 bits per heavy atom. The van der Waals surface area contributed by atoms with Gasteiger partial charge >= 0.3 is 6.03 Å². The summed E-state index contributed by atoms with van der Waals surface area (Å²) in [5, 5.41) is 7.26. The van der Waals surface area contributed by atoms with Crippen molar-refractivity contribution in [1.29, 1.82) is 0 Å². The second-order valence-corrected chi connectivity index (χ2v) is 7.26. The van der Waals surface area contributed by atoms with E-state index in [0.717, 1.165) is 31.6 Å². The number of nitrogens with zero attached hydrogens (tertiary/aromatic N) is 1. The van der Waals surface area contributed by atoms with Gasteiger partial charge in [-0.25, -0.2) is 4.79 Å². The van der Waals surface area contributed by atoms with Gasteiger partial charge in [0, 0.05) is 42.1 Å². The van der Waals surface area contributed by atoms with Crippen molar-refractivity contribution in [3.05, 3.63) is 66.4 Å². The van der Waals surface area contributed by atoms with Gasteiger partial charge in [-0.15, -0.1) is 0 Å². The number of carbonyl (C=O) groups is 1. The lowest BCUT2D eigenvalue weighted by Crippen LogP contribution is -2.46. The third kappa shape index (κ3) is 4.14. The monoisotopic (exact) mass is 362 g/mol. The molecule has 1 saturated heterocycles. The molecule has 1 aliphatic heterocycles. The fraction of sp³-hybridized carbons (Fsp3) is 0.318. The number of anilines is 1. The SMILES string of the molecule is CC(c1cc2ccccc2[nH]1)N1CCC(NC(=O)Nc2ccccc2)CC1. The van der Waals surface area contributed by atoms with Gasteiger partial charge in [0.15, 0.2) is 0 Å². The molecule has 5 heteroatoms. The Hall–Kier alpha value is -2.79. The Morgan fingerprint density at radius 3 is 2.52 bits per heavy atom. The van der Waals surface area contributed by atoms with Gasteiger partial charge in [0.1, 0.15) is 0 Å². The number of rotatable bonds is 4. The summed E-state index contributed by atoms with van der Waals surface area (Å²) < 4.78 is 0. The van der Waals surface area contributed by atoms with E-state index in [1.54, 1.807) is 0 Å². The number of aromatic amines is 1. The first kappa shape index (κ1) is 17.6. The summed E-state index contributed by atoms with van der Waals surface area (Å²) in [6, 6.07) is 20.6. The highest BCUT2D eigenvalue weighted by Crippen LogP contribution is 2.26. The molecule has 2 heterocycles. The van der Waals surface area contributed by atoms with E-state index >= 15 is 0 Å². The lowest BCUT2D eigenvalue weighted by Gasteiger charge is -2.36. The molecule has 27 heavy (non-hydrogen) atoms. The van der Waals surface area contributed by atoms with Crippen molar-refractivity contribution in [1.82, 2.24) is 15.2 Å². The van der Waals surface area contributed by atoms with E-state index in [1.165, 1.54) is 16.6 Å². The van der Waals surface area contributed by atoms with Crippen LogP contribution in [0.15, 0.2) is 60.7 Å². The molecule has 2 amide bonds. The van der Waals surface area contributed by atoms with Gasteiger partial charge in [0.2, 0.25) is 0 Å². The smallest absolute Gasteiger partial charge is 0.319 e. The van der Waals surface area contributed by atoms with Crippen molar-refractivity contribution in [2.45, 2.75) is 31.8 Å². The predicted molar refractivity (Wildman–Crippen MR) is 110 cm³/mol. The number of nitrogens with one attached hydrogen (secondary N) is 3. The zero-order valence-electron chi connectivity index (χ0n) is 15.6. The van der Waals surface area contributed by atoms with Crippen molar-refractivity contribution >= 4 is 22.6 Å². The average Bonchev–Trinajstić information content (AvgIpc) is 3.13. The molecule has 1 unspecified atom stereocenters. The van der Waals surface area contributed by atoms with E-state index in [-0.39, 0.29) is 12.1 Å². The molecule has 0 bridgehead atoms. The Balaban J connectivity index is 1.30. The van der Waals surface area contributed by atoms with Gasteiger partial charge < -0.3 is 15.6 Å². The Kier molecular flexibility index (Phi) is 5.12. The van der Waals surface area contributed by atoms with Crippen LogP contribution >= 0.6 is 0 Å². The van der Waals surface area contributed by atoms with Gasteiger partial charge in [-0.05, 0) is 49.4 Å². The number of amides is 2. The topological polar surface area (TPSA) is 60.2 Å². The van der Waals surface area contributed by atoms with Crippen LogP contribution < -0.4 is 10.6 Å². The third-order valence-electron chi connectivity index (χ3n) is 5.45. The molecule has 1 aromatic heterocycles. The number of hydrogen-bond acceptors (Lipinski definition) is 2. The van der Waals surface area contributed by atoms with Crippen LogP contribution in [0.3, 0.4) is 0 Å². The molecule has 0 saturated carbocycles. The van der Waals surface area contributed by atoms with Crippen LogP contribution in [0.2, 0.25) is 0 Å². The maximum absolute atomic E-state index is 12.2. The summed E-state index contributed by atoms with van der Waals surface area (Å²) in [5.41, 5.74) is 3.26. The Morgan fingerprint density at radius 1 is 1.07 bits per heavy atom. The van der Waals surface area contributed by atoms with Gasteiger partial charge in [-0.3, -0.25) is 4.90 Å². The molecule has 1 fully saturated rings. The zero-order chi connectivity index (χ0) is 18.6. The summed E-state index contributed by atoms with van der Waals surface area (Å²) in [6.07, 6.45) is 1.93. The molecule has 0 spiro atoms. The Labute approximate surface area is 159 Å². The number of fused-ring (bicyclic) bond motifs is 1. The standard InChI is InChI=1S/C22H26N4O/c1-16(21-15-17-7-5-6-10-20(17)25-21)26-13-11-19(12-14-26)24-22(27)23-18-8-3-2-4-9-18/h2-10,15-16,19,25H,11-14H2,1H3,(H2,23,24,27). The van der Waals surface area contributed by atoms with E-state index < -0.39 is 0 Å². The van der Waals surface area contributed by atoms with Crippen LogP contribution in [-0.4, -0.2) is 35.0 Å². The Bertz CT molecular complexity index is 864. The van der Waals surface area contributed by atoms with Crippen molar-refractivity contribution < 1.29 is 4.79 Å². The van der Waals surface area contributed by atoms with Crippen LogP contribution in [0.4, 0.5) is 10.5 Å². The predicted octanol–water partition coefficient (Wildman–Crippen LogP) is 4.52. The molecule has 4 rings (SSSR count). The summed E-state index contributed by atoms with van der Waals surface area (Å²) in [7, 11) is 0.